The van der Waals surface area contributed by atoms with Gasteiger partial charge in [-0.1, -0.05) is 6.07 Å². The smallest absolute Gasteiger partial charge is 0.261 e. The van der Waals surface area contributed by atoms with Crippen molar-refractivity contribution in [3.8, 4) is 11.5 Å². The number of anilines is 1. The monoisotopic (exact) mass is 609 g/mol. The maximum absolute atomic E-state index is 12.8. The molecule has 41 heavy (non-hydrogen) atoms. The summed E-state index contributed by atoms with van der Waals surface area (Å²) in [4.78, 5) is 2.32. The second-order valence-corrected chi connectivity index (χ2v) is 15.2. The molecule has 0 aliphatic carbocycles. The molecule has 0 bridgehead atoms. The highest BCUT2D eigenvalue weighted by Crippen LogP contribution is 2.49. The molecule has 1 N–H and O–H groups in total. The molecular weight excluding hydrogens is 580 g/mol. The van der Waals surface area contributed by atoms with Crippen molar-refractivity contribution in [1.29, 1.82) is 0 Å². The zero-order valence-corrected chi connectivity index (χ0v) is 24.9. The van der Waals surface area contributed by atoms with Crippen LogP contribution in [-0.4, -0.2) is 43.4 Å². The predicted octanol–water partition coefficient (Wildman–Crippen LogP) is 3.63. The highest BCUT2D eigenvalue weighted by atomic mass is 35.7. The van der Waals surface area contributed by atoms with Gasteiger partial charge in [-0.25, -0.2) is 17.2 Å². The number of rotatable bonds is 3. The van der Waals surface area contributed by atoms with E-state index >= 15 is 0 Å². The molecular formula is C31H30ClN2O5S2+. The minimum absolute atomic E-state index is 0.0292. The predicted molar refractivity (Wildman–Crippen MR) is 159 cm³/mol. The van der Waals surface area contributed by atoms with Crippen LogP contribution in [0.3, 0.4) is 0 Å². The number of nitrogens with zero attached hydrogens (tertiary/aromatic N) is 2. The van der Waals surface area contributed by atoms with Gasteiger partial charge in [0.25, 0.3) is 9.05 Å². The first-order valence-electron chi connectivity index (χ1n) is 14.4. The molecule has 1 unspecified atom stereocenters. The van der Waals surface area contributed by atoms with Crippen molar-refractivity contribution in [2.75, 3.05) is 31.1 Å². The first-order chi connectivity index (χ1) is 19.8. The zero-order valence-electron chi connectivity index (χ0n) is 22.5. The molecule has 10 heteroatoms. The standard InChI is InChI=1S/C31H29ClN2O5S2/c32-41(37,38)20-9-10-21(26(17-20)40(35)36)27-24-15-18-5-1-11-33-13-3-7-22(28(18)33)30(24)39-31-23-8-4-14-34-12-2-6-19(29(23)34)16-25(27)31/h9-10,15-17H,1-8,11-14H2/p+1. The van der Waals surface area contributed by atoms with Gasteiger partial charge in [0.1, 0.15) is 24.6 Å². The van der Waals surface area contributed by atoms with Gasteiger partial charge in [-0.15, -0.1) is 0 Å². The fourth-order valence-electron chi connectivity index (χ4n) is 7.81. The lowest BCUT2D eigenvalue weighted by Gasteiger charge is -2.39. The summed E-state index contributed by atoms with van der Waals surface area (Å²) in [6.07, 6.45) is 8.04. The van der Waals surface area contributed by atoms with Crippen molar-refractivity contribution >= 4 is 42.1 Å². The van der Waals surface area contributed by atoms with E-state index in [4.69, 9.17) is 15.4 Å². The molecule has 3 aromatic rings. The van der Waals surface area contributed by atoms with Gasteiger partial charge in [0.2, 0.25) is 5.36 Å². The van der Waals surface area contributed by atoms with E-state index in [1.54, 1.807) is 6.07 Å². The van der Waals surface area contributed by atoms with E-state index in [0.29, 0.717) is 5.56 Å². The minimum Gasteiger partial charge on any atom is -0.455 e. The van der Waals surface area contributed by atoms with Crippen LogP contribution in [0.1, 0.15) is 59.1 Å². The van der Waals surface area contributed by atoms with Crippen LogP contribution < -0.4 is 24.8 Å². The van der Waals surface area contributed by atoms with Crippen LogP contribution in [0.4, 0.5) is 5.69 Å². The Kier molecular flexibility index (Phi) is 5.94. The van der Waals surface area contributed by atoms with E-state index in [2.05, 4.69) is 21.6 Å². The number of halogens is 1. The van der Waals surface area contributed by atoms with Crippen LogP contribution in [0.2, 0.25) is 0 Å². The number of ether oxygens (including phenoxy) is 1. The molecule has 5 aliphatic heterocycles. The Labute approximate surface area is 245 Å². The van der Waals surface area contributed by atoms with Crippen molar-refractivity contribution in [2.24, 2.45) is 0 Å². The molecule has 3 aromatic carbocycles. The Hall–Kier alpha value is -2.72. The molecule has 0 saturated heterocycles. The fourth-order valence-corrected chi connectivity index (χ4v) is 9.25. The summed E-state index contributed by atoms with van der Waals surface area (Å²) in [5, 5.41) is 2.21. The zero-order chi connectivity index (χ0) is 28.0. The number of hydrogen-bond acceptors (Lipinski definition) is 5. The van der Waals surface area contributed by atoms with E-state index in [9.17, 15) is 17.2 Å². The Morgan fingerprint density at radius 1 is 0.878 bits per heavy atom. The Morgan fingerprint density at radius 3 is 2.39 bits per heavy atom. The van der Waals surface area contributed by atoms with Crippen LogP contribution >= 0.6 is 10.7 Å². The molecule has 1 atom stereocenters. The average Bonchev–Trinajstić information content (AvgIpc) is 2.96. The number of aryl methyl sites for hydroxylation is 2. The van der Waals surface area contributed by atoms with Crippen molar-refractivity contribution in [1.82, 2.24) is 4.58 Å². The lowest BCUT2D eigenvalue weighted by Crippen LogP contribution is -2.45. The van der Waals surface area contributed by atoms with Crippen LogP contribution in [0.15, 0.2) is 40.1 Å². The summed E-state index contributed by atoms with van der Waals surface area (Å²) in [5.41, 5.74) is 8.59. The third-order valence-electron chi connectivity index (χ3n) is 9.38. The summed E-state index contributed by atoms with van der Waals surface area (Å²) < 4.78 is 57.2. The topological polar surface area (TPSA) is 86.9 Å². The van der Waals surface area contributed by atoms with Crippen molar-refractivity contribution in [3.05, 3.63) is 74.3 Å². The highest BCUT2D eigenvalue weighted by Gasteiger charge is 2.36. The molecule has 0 spiro atoms. The molecule has 5 aliphatic rings. The molecule has 212 valence electrons. The molecule has 0 radical (unpaired) electrons. The number of hydrogen-bond donors (Lipinski definition) is 1. The van der Waals surface area contributed by atoms with Gasteiger partial charge in [-0.3, -0.25) is 0 Å². The van der Waals surface area contributed by atoms with E-state index in [-0.39, 0.29) is 9.79 Å². The maximum Gasteiger partial charge on any atom is 0.261 e. The van der Waals surface area contributed by atoms with Gasteiger partial charge in [-0.05, 0) is 68.4 Å². The number of fused-ring (bicyclic) bond motifs is 4. The first kappa shape index (κ1) is 25.9. The number of benzene rings is 3. The second kappa shape index (κ2) is 9.39. The fraction of sp³-hybridized carbons (Fsp3) is 0.387. The normalized spacial score (nSPS) is 19.5. The van der Waals surface area contributed by atoms with E-state index < -0.39 is 20.1 Å². The van der Waals surface area contributed by atoms with Gasteiger partial charge in [0, 0.05) is 75.3 Å². The average molecular weight is 610 g/mol. The van der Waals surface area contributed by atoms with Crippen LogP contribution in [-0.2, 0) is 45.8 Å². The quantitative estimate of drug-likeness (QED) is 0.217. The van der Waals surface area contributed by atoms with E-state index in [1.165, 1.54) is 45.4 Å². The maximum atomic E-state index is 12.8. The van der Waals surface area contributed by atoms with Gasteiger partial charge >= 0.3 is 0 Å². The third-order valence-corrected chi connectivity index (χ3v) is 11.4. The summed E-state index contributed by atoms with van der Waals surface area (Å²) >= 11 is -2.45. The van der Waals surface area contributed by atoms with E-state index in [0.717, 1.165) is 105 Å². The molecule has 5 heterocycles. The van der Waals surface area contributed by atoms with Gasteiger partial charge in [-0.2, -0.15) is 0 Å². The first-order valence-corrected chi connectivity index (χ1v) is 17.8. The molecule has 0 aromatic heterocycles. The molecule has 0 saturated carbocycles. The van der Waals surface area contributed by atoms with Crippen molar-refractivity contribution < 1.29 is 21.9 Å². The Morgan fingerprint density at radius 2 is 1.61 bits per heavy atom. The Balaban J connectivity index is 1.53. The lowest BCUT2D eigenvalue weighted by molar-refractivity contribution is 0.431. The third kappa shape index (κ3) is 3.96. The van der Waals surface area contributed by atoms with Crippen LogP contribution in [0.25, 0.3) is 5.57 Å². The summed E-state index contributed by atoms with van der Waals surface area (Å²) in [5.74, 6) is 1.68. The SMILES string of the molecule is O=S(O)c1cc(S(=O)(=O)Cl)ccc1C1=c2cc3c4c(c2Oc2c1cc1c5c2CCCN5CCC1)CCC[N+]=4CCC3. The minimum atomic E-state index is -4.09. The van der Waals surface area contributed by atoms with Gasteiger partial charge < -0.3 is 14.2 Å². The highest BCUT2D eigenvalue weighted by molar-refractivity contribution is 8.13. The van der Waals surface area contributed by atoms with Crippen LogP contribution in [0, 0.1) is 0 Å². The largest absolute Gasteiger partial charge is 0.455 e. The summed E-state index contributed by atoms with van der Waals surface area (Å²) in [6.45, 7) is 4.17. The molecule has 0 fully saturated rings. The molecule has 7 nitrogen and oxygen atoms in total. The summed E-state index contributed by atoms with van der Waals surface area (Å²) in [7, 11) is 1.58. The lowest BCUT2D eigenvalue weighted by atomic mass is 9.82. The molecule has 0 amide bonds. The van der Waals surface area contributed by atoms with Crippen molar-refractivity contribution in [2.45, 2.75) is 61.2 Å². The van der Waals surface area contributed by atoms with Gasteiger partial charge in [0.05, 0.1) is 15.4 Å². The molecule has 8 rings (SSSR count). The summed E-state index contributed by atoms with van der Waals surface area (Å²) in [6, 6.07) is 8.75. The second-order valence-electron chi connectivity index (χ2n) is 11.7. The Bertz CT molecular complexity index is 1950. The van der Waals surface area contributed by atoms with Crippen molar-refractivity contribution in [3.63, 3.8) is 0 Å². The van der Waals surface area contributed by atoms with Crippen LogP contribution in [0.5, 0.6) is 11.5 Å². The van der Waals surface area contributed by atoms with Gasteiger partial charge in [0.15, 0.2) is 11.1 Å². The van der Waals surface area contributed by atoms with E-state index in [1.807, 2.05) is 0 Å².